The number of rotatable bonds is 6. The molecule has 3 heterocycles. The molecule has 26 heavy (non-hydrogen) atoms. The highest BCUT2D eigenvalue weighted by Gasteiger charge is 2.19. The Kier molecular flexibility index (Phi) is 4.48. The summed E-state index contributed by atoms with van der Waals surface area (Å²) in [5.41, 5.74) is 1.94. The molecule has 1 aromatic carbocycles. The highest BCUT2D eigenvalue weighted by molar-refractivity contribution is 7.18. The second kappa shape index (κ2) is 6.93. The number of ether oxygens (including phenoxy) is 1. The van der Waals surface area contributed by atoms with Crippen molar-refractivity contribution in [3.05, 3.63) is 47.5 Å². The van der Waals surface area contributed by atoms with E-state index >= 15 is 0 Å². The van der Waals surface area contributed by atoms with Gasteiger partial charge < -0.3 is 4.74 Å². The van der Waals surface area contributed by atoms with Crippen molar-refractivity contribution >= 4 is 21.6 Å². The van der Waals surface area contributed by atoms with E-state index in [0.29, 0.717) is 19.0 Å². The highest BCUT2D eigenvalue weighted by Crippen LogP contribution is 2.26. The van der Waals surface area contributed by atoms with E-state index in [2.05, 4.69) is 21.1 Å². The summed E-state index contributed by atoms with van der Waals surface area (Å²) in [7, 11) is 0. The summed E-state index contributed by atoms with van der Waals surface area (Å²) in [6, 6.07) is 6.12. The smallest absolute Gasteiger partial charge is 0.172 e. The van der Waals surface area contributed by atoms with Gasteiger partial charge in [-0.1, -0.05) is 0 Å². The molecule has 134 valence electrons. The van der Waals surface area contributed by atoms with Crippen molar-refractivity contribution in [3.8, 4) is 5.69 Å². The maximum absolute atomic E-state index is 5.76. The van der Waals surface area contributed by atoms with Crippen molar-refractivity contribution in [2.75, 3.05) is 6.61 Å². The second-order valence-electron chi connectivity index (χ2n) is 5.87. The first-order valence-corrected chi connectivity index (χ1v) is 9.23. The van der Waals surface area contributed by atoms with Gasteiger partial charge in [0.2, 0.25) is 0 Å². The van der Waals surface area contributed by atoms with Crippen LogP contribution in [0.3, 0.4) is 0 Å². The van der Waals surface area contributed by atoms with Crippen LogP contribution in [0.15, 0.2) is 30.9 Å². The van der Waals surface area contributed by atoms with Crippen molar-refractivity contribution in [2.45, 2.75) is 33.4 Å². The summed E-state index contributed by atoms with van der Waals surface area (Å²) < 4.78 is 10.4. The van der Waals surface area contributed by atoms with Crippen molar-refractivity contribution in [3.63, 3.8) is 0 Å². The molecular formula is C17H19N7OS. The van der Waals surface area contributed by atoms with Crippen molar-refractivity contribution < 1.29 is 4.74 Å². The predicted molar refractivity (Wildman–Crippen MR) is 98.4 cm³/mol. The van der Waals surface area contributed by atoms with Gasteiger partial charge in [0.1, 0.15) is 25.3 Å². The van der Waals surface area contributed by atoms with E-state index in [1.807, 2.05) is 37.6 Å². The SMILES string of the molecule is CCO[C@@H](C)c1nc(Cn2cncn2)nn1-c1ccc2nc(C)sc2c1. The van der Waals surface area contributed by atoms with Gasteiger partial charge >= 0.3 is 0 Å². The van der Waals surface area contributed by atoms with Crippen LogP contribution in [0.25, 0.3) is 15.9 Å². The van der Waals surface area contributed by atoms with Gasteiger partial charge in [-0.05, 0) is 39.0 Å². The summed E-state index contributed by atoms with van der Waals surface area (Å²) >= 11 is 1.67. The van der Waals surface area contributed by atoms with Gasteiger partial charge in [0.25, 0.3) is 0 Å². The lowest BCUT2D eigenvalue weighted by Gasteiger charge is -2.12. The molecule has 0 unspecified atom stereocenters. The van der Waals surface area contributed by atoms with Crippen LogP contribution in [0.5, 0.6) is 0 Å². The lowest BCUT2D eigenvalue weighted by atomic mass is 10.3. The topological polar surface area (TPSA) is 83.5 Å². The third-order valence-electron chi connectivity index (χ3n) is 3.95. The minimum absolute atomic E-state index is 0.170. The molecule has 0 radical (unpaired) electrons. The number of hydrogen-bond acceptors (Lipinski definition) is 7. The monoisotopic (exact) mass is 369 g/mol. The van der Waals surface area contributed by atoms with Crippen LogP contribution in [-0.2, 0) is 11.3 Å². The lowest BCUT2D eigenvalue weighted by Crippen LogP contribution is -2.09. The summed E-state index contributed by atoms with van der Waals surface area (Å²) in [4.78, 5) is 13.2. The van der Waals surface area contributed by atoms with Gasteiger partial charge in [0, 0.05) is 6.61 Å². The van der Waals surface area contributed by atoms with E-state index < -0.39 is 0 Å². The van der Waals surface area contributed by atoms with E-state index in [-0.39, 0.29) is 6.10 Å². The Bertz CT molecular complexity index is 1020. The van der Waals surface area contributed by atoms with Gasteiger partial charge in [-0.15, -0.1) is 16.4 Å². The highest BCUT2D eigenvalue weighted by atomic mass is 32.1. The maximum atomic E-state index is 5.76. The van der Waals surface area contributed by atoms with Crippen LogP contribution in [0.1, 0.15) is 36.6 Å². The number of benzene rings is 1. The quantitative estimate of drug-likeness (QED) is 0.520. The standard InChI is InChI=1S/C17H19N7OS/c1-4-25-11(2)17-21-16(8-23-10-18-9-19-23)22-24(17)13-5-6-14-15(7-13)26-12(3)20-14/h5-7,9-11H,4,8H2,1-3H3/t11-/m0/s1. The third-order valence-corrected chi connectivity index (χ3v) is 4.88. The molecule has 0 bridgehead atoms. The molecule has 0 amide bonds. The minimum atomic E-state index is -0.170. The van der Waals surface area contributed by atoms with Crippen LogP contribution >= 0.6 is 11.3 Å². The fraction of sp³-hybridized carbons (Fsp3) is 0.353. The fourth-order valence-electron chi connectivity index (χ4n) is 2.83. The third kappa shape index (κ3) is 3.23. The van der Waals surface area contributed by atoms with Crippen molar-refractivity contribution in [2.24, 2.45) is 0 Å². The number of nitrogens with zero attached hydrogens (tertiary/aromatic N) is 7. The maximum Gasteiger partial charge on any atom is 0.172 e. The number of hydrogen-bond donors (Lipinski definition) is 0. The normalized spacial score (nSPS) is 12.7. The van der Waals surface area contributed by atoms with Crippen molar-refractivity contribution in [1.29, 1.82) is 0 Å². The molecule has 0 aliphatic carbocycles. The molecule has 8 nitrogen and oxygen atoms in total. The molecule has 4 aromatic rings. The molecule has 0 fully saturated rings. The van der Waals surface area contributed by atoms with Crippen LogP contribution < -0.4 is 0 Å². The Morgan fingerprint density at radius 1 is 1.27 bits per heavy atom. The van der Waals surface area contributed by atoms with Gasteiger partial charge in [-0.25, -0.2) is 24.3 Å². The zero-order chi connectivity index (χ0) is 18.1. The first-order valence-electron chi connectivity index (χ1n) is 8.41. The van der Waals surface area contributed by atoms with Crippen LogP contribution in [-0.4, -0.2) is 41.1 Å². The van der Waals surface area contributed by atoms with E-state index in [4.69, 9.17) is 14.8 Å². The summed E-state index contributed by atoms with van der Waals surface area (Å²) in [5, 5.41) is 9.87. The van der Waals surface area contributed by atoms with Crippen molar-refractivity contribution in [1.82, 2.24) is 34.5 Å². The van der Waals surface area contributed by atoms with E-state index in [1.54, 1.807) is 22.3 Å². The first kappa shape index (κ1) is 16.8. The molecule has 0 N–H and O–H groups in total. The lowest BCUT2D eigenvalue weighted by molar-refractivity contribution is 0.0685. The van der Waals surface area contributed by atoms with E-state index in [9.17, 15) is 0 Å². The average Bonchev–Trinajstić information content (AvgIpc) is 3.33. The van der Waals surface area contributed by atoms with Gasteiger partial charge in [-0.2, -0.15) is 5.10 Å². The zero-order valence-corrected chi connectivity index (χ0v) is 15.6. The molecule has 3 aromatic heterocycles. The molecule has 0 saturated heterocycles. The Hall–Kier alpha value is -2.65. The first-order chi connectivity index (χ1) is 12.6. The largest absolute Gasteiger partial charge is 0.371 e. The molecule has 0 saturated carbocycles. The number of thiazole rings is 1. The van der Waals surface area contributed by atoms with E-state index in [1.165, 1.54) is 6.33 Å². The predicted octanol–water partition coefficient (Wildman–Crippen LogP) is 2.92. The number of aryl methyl sites for hydroxylation is 1. The molecule has 0 aliphatic heterocycles. The molecule has 1 atom stereocenters. The molecule has 0 spiro atoms. The molecule has 0 aliphatic rings. The molecular weight excluding hydrogens is 350 g/mol. The van der Waals surface area contributed by atoms with Crippen LogP contribution in [0, 0.1) is 6.92 Å². The zero-order valence-electron chi connectivity index (χ0n) is 14.8. The molecule has 4 rings (SSSR count). The second-order valence-corrected chi connectivity index (χ2v) is 7.11. The Morgan fingerprint density at radius 2 is 2.15 bits per heavy atom. The number of fused-ring (bicyclic) bond motifs is 1. The summed E-state index contributed by atoms with van der Waals surface area (Å²) in [6.45, 7) is 7.04. The molecule has 9 heteroatoms. The average molecular weight is 369 g/mol. The van der Waals surface area contributed by atoms with Gasteiger partial charge in [0.05, 0.1) is 20.9 Å². The Balaban J connectivity index is 1.77. The minimum Gasteiger partial charge on any atom is -0.371 e. The summed E-state index contributed by atoms with van der Waals surface area (Å²) in [6.07, 6.45) is 2.98. The van der Waals surface area contributed by atoms with Gasteiger partial charge in [0.15, 0.2) is 11.6 Å². The number of aromatic nitrogens is 7. The van der Waals surface area contributed by atoms with Crippen LogP contribution in [0.2, 0.25) is 0 Å². The Labute approximate surface area is 154 Å². The summed E-state index contributed by atoms with van der Waals surface area (Å²) in [5.74, 6) is 1.43. The van der Waals surface area contributed by atoms with Gasteiger partial charge in [-0.3, -0.25) is 0 Å². The fourth-order valence-corrected chi connectivity index (χ4v) is 3.69. The van der Waals surface area contributed by atoms with E-state index in [0.717, 1.165) is 26.7 Å². The Morgan fingerprint density at radius 3 is 2.92 bits per heavy atom. The van der Waals surface area contributed by atoms with Crippen LogP contribution in [0.4, 0.5) is 0 Å².